The predicted octanol–water partition coefficient (Wildman–Crippen LogP) is 4.82. The first-order chi connectivity index (χ1) is 19.4. The molecule has 0 saturated heterocycles. The van der Waals surface area contributed by atoms with Gasteiger partial charge in [-0.2, -0.15) is 23.5 Å². The molecule has 0 bridgehead atoms. The number of carbonyl (C=O) groups excluding carboxylic acids is 1. The van der Waals surface area contributed by atoms with Crippen LogP contribution in [0.15, 0.2) is 81.0 Å². The third-order valence-electron chi connectivity index (χ3n) is 6.54. The minimum Gasteiger partial charge on any atom is -0.348 e. The Bertz CT molecular complexity index is 1840. The normalized spacial score (nSPS) is 12.8. The Balaban J connectivity index is 1.74. The number of aryl methyl sites for hydroxylation is 1. The number of alkyl halides is 3. The third kappa shape index (κ3) is 5.92. The van der Waals surface area contributed by atoms with E-state index in [1.165, 1.54) is 33.8 Å². The highest BCUT2D eigenvalue weighted by molar-refractivity contribution is 7.93. The van der Waals surface area contributed by atoms with Gasteiger partial charge in [0.2, 0.25) is 11.6 Å². The van der Waals surface area contributed by atoms with Gasteiger partial charge in [-0.15, -0.1) is 4.36 Å². The van der Waals surface area contributed by atoms with Crippen LogP contribution in [-0.2, 0) is 29.5 Å². The van der Waals surface area contributed by atoms with Crippen molar-refractivity contribution in [2.75, 3.05) is 5.75 Å². The zero-order chi connectivity index (χ0) is 29.9. The van der Waals surface area contributed by atoms with Crippen LogP contribution in [-0.4, -0.2) is 30.2 Å². The average molecular weight is 583 g/mol. The SMILES string of the molecule is CCS(=O)(=NC#N)c1ccc(CNC(=O)c2cn(-c3ccnn3C)c(C)c(-c3cccc(C(F)(F)F)c3)c2=O)cc1. The molecule has 0 aliphatic rings. The Morgan fingerprint density at radius 3 is 2.46 bits per heavy atom. The highest BCUT2D eigenvalue weighted by Crippen LogP contribution is 2.32. The Hall–Kier alpha value is -4.70. The topological polar surface area (TPSA) is 122 Å². The molecule has 2 aromatic heterocycles. The van der Waals surface area contributed by atoms with Gasteiger partial charge in [0, 0.05) is 47.8 Å². The molecule has 4 aromatic rings. The van der Waals surface area contributed by atoms with Gasteiger partial charge in [-0.1, -0.05) is 31.2 Å². The molecule has 0 fully saturated rings. The number of aromatic nitrogens is 3. The molecule has 1 amide bonds. The van der Waals surface area contributed by atoms with E-state index in [1.54, 1.807) is 57.4 Å². The molecule has 2 heterocycles. The number of benzene rings is 2. The van der Waals surface area contributed by atoms with Crippen molar-refractivity contribution < 1.29 is 22.2 Å². The summed E-state index contributed by atoms with van der Waals surface area (Å²) in [6, 6.07) is 12.4. The summed E-state index contributed by atoms with van der Waals surface area (Å²) in [4.78, 5) is 27.3. The number of hydrogen-bond donors (Lipinski definition) is 1. The number of halogens is 3. The molecule has 0 aliphatic heterocycles. The minimum atomic E-state index is -4.62. The summed E-state index contributed by atoms with van der Waals surface area (Å²) < 4.78 is 59.8. The van der Waals surface area contributed by atoms with Crippen molar-refractivity contribution in [1.82, 2.24) is 19.7 Å². The molecule has 9 nitrogen and oxygen atoms in total. The van der Waals surface area contributed by atoms with Crippen molar-refractivity contribution >= 4 is 15.6 Å². The van der Waals surface area contributed by atoms with Gasteiger partial charge in [0.25, 0.3) is 5.91 Å². The Labute approximate surface area is 234 Å². The molecule has 0 radical (unpaired) electrons. The molecule has 1 atom stereocenters. The van der Waals surface area contributed by atoms with E-state index >= 15 is 0 Å². The number of nitrogens with one attached hydrogen (secondary N) is 1. The molecule has 2 aromatic carbocycles. The second-order valence-corrected chi connectivity index (χ2v) is 11.6. The minimum absolute atomic E-state index is 0.000257. The molecule has 41 heavy (non-hydrogen) atoms. The van der Waals surface area contributed by atoms with Crippen LogP contribution in [0, 0.1) is 18.4 Å². The number of amides is 1. The van der Waals surface area contributed by atoms with Crippen LogP contribution in [0.3, 0.4) is 0 Å². The third-order valence-corrected chi connectivity index (χ3v) is 8.71. The van der Waals surface area contributed by atoms with E-state index in [1.807, 2.05) is 0 Å². The lowest BCUT2D eigenvalue weighted by atomic mass is 9.99. The molecule has 13 heteroatoms. The van der Waals surface area contributed by atoms with Crippen molar-refractivity contribution in [3.05, 3.63) is 99.6 Å². The van der Waals surface area contributed by atoms with E-state index < -0.39 is 32.8 Å². The lowest BCUT2D eigenvalue weighted by molar-refractivity contribution is -0.137. The highest BCUT2D eigenvalue weighted by atomic mass is 32.2. The molecular formula is C28H25F3N6O3S. The zero-order valence-corrected chi connectivity index (χ0v) is 23.1. The first-order valence-electron chi connectivity index (χ1n) is 12.3. The largest absolute Gasteiger partial charge is 0.416 e. The second kappa shape index (κ2) is 11.4. The van der Waals surface area contributed by atoms with E-state index in [0.29, 0.717) is 22.0 Å². The fourth-order valence-corrected chi connectivity index (χ4v) is 5.61. The van der Waals surface area contributed by atoms with E-state index in [-0.39, 0.29) is 29.0 Å². The maximum Gasteiger partial charge on any atom is 0.416 e. The van der Waals surface area contributed by atoms with Crippen LogP contribution in [0.2, 0.25) is 0 Å². The van der Waals surface area contributed by atoms with Crippen LogP contribution in [0.5, 0.6) is 0 Å². The van der Waals surface area contributed by atoms with Gasteiger partial charge in [0.15, 0.2) is 0 Å². The summed E-state index contributed by atoms with van der Waals surface area (Å²) in [6.45, 7) is 3.24. The van der Waals surface area contributed by atoms with Crippen LogP contribution >= 0.6 is 0 Å². The first-order valence-corrected chi connectivity index (χ1v) is 14.0. The predicted molar refractivity (Wildman–Crippen MR) is 147 cm³/mol. The van der Waals surface area contributed by atoms with Crippen molar-refractivity contribution in [2.45, 2.75) is 31.5 Å². The number of pyridine rings is 1. The van der Waals surface area contributed by atoms with Gasteiger partial charge in [-0.05, 0) is 42.3 Å². The lowest BCUT2D eigenvalue weighted by Crippen LogP contribution is -2.31. The van der Waals surface area contributed by atoms with Crippen LogP contribution < -0.4 is 10.7 Å². The van der Waals surface area contributed by atoms with E-state index in [0.717, 1.165) is 12.1 Å². The van der Waals surface area contributed by atoms with E-state index in [2.05, 4.69) is 14.8 Å². The zero-order valence-electron chi connectivity index (χ0n) is 22.3. The summed E-state index contributed by atoms with van der Waals surface area (Å²) in [5.74, 6) is -0.0935. The van der Waals surface area contributed by atoms with Crippen LogP contribution in [0.1, 0.15) is 34.1 Å². The van der Waals surface area contributed by atoms with Crippen molar-refractivity contribution in [3.8, 4) is 23.1 Å². The maximum absolute atomic E-state index is 13.6. The molecule has 1 N–H and O–H groups in total. The first kappa shape index (κ1) is 29.3. The number of carbonyl (C=O) groups is 1. The number of nitriles is 1. The van der Waals surface area contributed by atoms with Crippen molar-refractivity contribution in [1.29, 1.82) is 5.26 Å². The van der Waals surface area contributed by atoms with Gasteiger partial charge in [-0.3, -0.25) is 14.3 Å². The molecule has 4 rings (SSSR count). The Morgan fingerprint density at radius 2 is 1.88 bits per heavy atom. The maximum atomic E-state index is 13.6. The van der Waals surface area contributed by atoms with E-state index in [4.69, 9.17) is 5.26 Å². The average Bonchev–Trinajstić information content (AvgIpc) is 3.37. The van der Waals surface area contributed by atoms with Gasteiger partial charge in [0.1, 0.15) is 11.4 Å². The Kier molecular flexibility index (Phi) is 8.16. The summed E-state index contributed by atoms with van der Waals surface area (Å²) in [5, 5.41) is 15.6. The summed E-state index contributed by atoms with van der Waals surface area (Å²) in [6.07, 6.45) is -0.186. The van der Waals surface area contributed by atoms with Crippen LogP contribution in [0.25, 0.3) is 16.9 Å². The molecule has 212 valence electrons. The van der Waals surface area contributed by atoms with E-state index in [9.17, 15) is 27.0 Å². The second-order valence-electron chi connectivity index (χ2n) is 9.04. The van der Waals surface area contributed by atoms with Crippen molar-refractivity contribution in [2.24, 2.45) is 11.4 Å². The van der Waals surface area contributed by atoms with Gasteiger partial charge in [-0.25, -0.2) is 4.21 Å². The number of rotatable bonds is 7. The fourth-order valence-electron chi connectivity index (χ4n) is 4.35. The monoisotopic (exact) mass is 582 g/mol. The summed E-state index contributed by atoms with van der Waals surface area (Å²) >= 11 is 0. The van der Waals surface area contributed by atoms with Crippen molar-refractivity contribution in [3.63, 3.8) is 0 Å². The number of hydrogen-bond acceptors (Lipinski definition) is 6. The molecule has 1 unspecified atom stereocenters. The highest BCUT2D eigenvalue weighted by Gasteiger charge is 2.31. The lowest BCUT2D eigenvalue weighted by Gasteiger charge is -2.18. The van der Waals surface area contributed by atoms with Gasteiger partial charge < -0.3 is 9.88 Å². The standard InChI is InChI=1S/C28H25F3N6O3S/c1-4-41(40,35-17-32)22-10-8-19(9-11-22)15-33-27(39)23-16-37(24-12-13-34-36(24)3)18(2)25(26(23)38)20-6-5-7-21(14-20)28(29,30)31/h5-14,16H,4,15H2,1-3H3,(H,33,39). The molecular weight excluding hydrogens is 557 g/mol. The van der Waals surface area contributed by atoms with Crippen LogP contribution in [0.4, 0.5) is 13.2 Å². The molecule has 0 saturated carbocycles. The summed E-state index contributed by atoms with van der Waals surface area (Å²) in [5.41, 5.74) is -1.01. The van der Waals surface area contributed by atoms with Gasteiger partial charge >= 0.3 is 6.18 Å². The molecule has 0 aliphatic carbocycles. The fraction of sp³-hybridized carbons (Fsp3) is 0.214. The summed E-state index contributed by atoms with van der Waals surface area (Å²) in [7, 11) is -1.22. The quantitative estimate of drug-likeness (QED) is 0.313. The Morgan fingerprint density at radius 1 is 1.17 bits per heavy atom. The molecule has 0 spiro atoms. The van der Waals surface area contributed by atoms with Gasteiger partial charge in [0.05, 0.1) is 21.5 Å². The number of nitrogens with zero attached hydrogens (tertiary/aromatic N) is 5. The smallest absolute Gasteiger partial charge is 0.348 e.